The normalized spacial score (nSPS) is 14.5. The summed E-state index contributed by atoms with van der Waals surface area (Å²) in [7, 11) is -1.92. The molecule has 1 aliphatic heterocycles. The zero-order chi connectivity index (χ0) is 24.0. The first kappa shape index (κ1) is 24.9. The monoisotopic (exact) mass is 475 g/mol. The third-order valence-corrected chi connectivity index (χ3v) is 6.97. The molecule has 0 radical (unpaired) electrons. The van der Waals surface area contributed by atoms with E-state index in [9.17, 15) is 13.2 Å². The Kier molecular flexibility index (Phi) is 8.20. The number of amides is 1. The lowest BCUT2D eigenvalue weighted by atomic mass is 10.2. The van der Waals surface area contributed by atoms with E-state index in [-0.39, 0.29) is 23.3 Å². The van der Waals surface area contributed by atoms with Crippen molar-refractivity contribution in [1.82, 2.24) is 9.62 Å². The fourth-order valence-electron chi connectivity index (χ4n) is 3.63. The lowest BCUT2D eigenvalue weighted by molar-refractivity contribution is -0.133. The van der Waals surface area contributed by atoms with E-state index in [4.69, 9.17) is 9.47 Å². The fourth-order valence-corrected chi connectivity index (χ4v) is 4.93. The van der Waals surface area contributed by atoms with Gasteiger partial charge in [-0.25, -0.2) is 13.1 Å². The standard InChI is InChI=1S/C24H33N3O5S/c1-18(2)16-25-33(29,30)20-9-10-22(19(3)15-20)32-17-24(28)27-13-11-26(12-14-27)21-7-5-6-8-23(21)31-4/h5-10,15,18,25H,11-14,16-17H2,1-4H3. The molecule has 9 heteroatoms. The number of rotatable bonds is 9. The second kappa shape index (κ2) is 10.9. The van der Waals surface area contributed by atoms with Crippen LogP contribution < -0.4 is 19.1 Å². The van der Waals surface area contributed by atoms with Gasteiger partial charge in [0.05, 0.1) is 17.7 Å². The number of hydrogen-bond acceptors (Lipinski definition) is 6. The van der Waals surface area contributed by atoms with Crippen molar-refractivity contribution in [1.29, 1.82) is 0 Å². The second-order valence-corrected chi connectivity index (χ2v) is 10.3. The van der Waals surface area contributed by atoms with Gasteiger partial charge in [0.1, 0.15) is 11.5 Å². The molecule has 0 bridgehead atoms. The van der Waals surface area contributed by atoms with Gasteiger partial charge in [-0.1, -0.05) is 26.0 Å². The summed E-state index contributed by atoms with van der Waals surface area (Å²) in [4.78, 5) is 16.9. The largest absolute Gasteiger partial charge is 0.495 e. The molecule has 0 atom stereocenters. The van der Waals surface area contributed by atoms with Crippen molar-refractivity contribution in [3.8, 4) is 11.5 Å². The van der Waals surface area contributed by atoms with Crippen molar-refractivity contribution < 1.29 is 22.7 Å². The van der Waals surface area contributed by atoms with E-state index in [0.29, 0.717) is 44.0 Å². The van der Waals surface area contributed by atoms with Crippen LogP contribution >= 0.6 is 0 Å². The summed E-state index contributed by atoms with van der Waals surface area (Å²) in [6.07, 6.45) is 0. The Bertz CT molecular complexity index is 1060. The molecule has 3 rings (SSSR count). The van der Waals surface area contributed by atoms with E-state index in [2.05, 4.69) is 9.62 Å². The first-order valence-electron chi connectivity index (χ1n) is 11.1. The number of nitrogens with one attached hydrogen (secondary N) is 1. The molecular formula is C24H33N3O5S. The predicted molar refractivity (Wildman–Crippen MR) is 128 cm³/mol. The molecule has 1 heterocycles. The number of carbonyl (C=O) groups is 1. The van der Waals surface area contributed by atoms with Crippen molar-refractivity contribution in [3.05, 3.63) is 48.0 Å². The van der Waals surface area contributed by atoms with Crippen LogP contribution in [-0.2, 0) is 14.8 Å². The van der Waals surface area contributed by atoms with Crippen molar-refractivity contribution >= 4 is 21.6 Å². The van der Waals surface area contributed by atoms with Crippen molar-refractivity contribution in [2.75, 3.05) is 51.3 Å². The molecule has 0 saturated carbocycles. The molecule has 0 aliphatic carbocycles. The first-order valence-corrected chi connectivity index (χ1v) is 12.6. The Labute approximate surface area is 196 Å². The minimum Gasteiger partial charge on any atom is -0.495 e. The van der Waals surface area contributed by atoms with Gasteiger partial charge in [-0.05, 0) is 48.7 Å². The van der Waals surface area contributed by atoms with E-state index in [1.807, 2.05) is 38.1 Å². The molecule has 0 spiro atoms. The number of ether oxygens (including phenoxy) is 2. The highest BCUT2D eigenvalue weighted by Gasteiger charge is 2.23. The zero-order valence-electron chi connectivity index (χ0n) is 19.7. The molecule has 1 fully saturated rings. The number of methoxy groups -OCH3 is 1. The van der Waals surface area contributed by atoms with Crippen LogP contribution in [0.3, 0.4) is 0 Å². The average Bonchev–Trinajstić information content (AvgIpc) is 2.82. The van der Waals surface area contributed by atoms with Gasteiger partial charge in [0, 0.05) is 32.7 Å². The summed E-state index contributed by atoms with van der Waals surface area (Å²) in [5, 5.41) is 0. The number of para-hydroxylation sites is 2. The molecule has 1 saturated heterocycles. The third kappa shape index (κ3) is 6.39. The van der Waals surface area contributed by atoms with Crippen LogP contribution in [0, 0.1) is 12.8 Å². The number of sulfonamides is 1. The molecule has 0 unspecified atom stereocenters. The summed E-state index contributed by atoms with van der Waals surface area (Å²) in [5.74, 6) is 1.44. The maximum absolute atomic E-state index is 12.7. The Hall–Kier alpha value is -2.78. The third-order valence-electron chi connectivity index (χ3n) is 5.55. The van der Waals surface area contributed by atoms with Crippen molar-refractivity contribution in [2.45, 2.75) is 25.7 Å². The average molecular weight is 476 g/mol. The van der Waals surface area contributed by atoms with Crippen LogP contribution in [0.4, 0.5) is 5.69 Å². The van der Waals surface area contributed by atoms with E-state index < -0.39 is 10.0 Å². The maximum atomic E-state index is 12.7. The number of aryl methyl sites for hydroxylation is 1. The van der Waals surface area contributed by atoms with Crippen LogP contribution in [0.2, 0.25) is 0 Å². The summed E-state index contributed by atoms with van der Waals surface area (Å²) < 4.78 is 38.6. The van der Waals surface area contributed by atoms with Gasteiger partial charge in [-0.3, -0.25) is 4.79 Å². The predicted octanol–water partition coefficient (Wildman–Crippen LogP) is 2.67. The lowest BCUT2D eigenvalue weighted by Crippen LogP contribution is -2.50. The summed E-state index contributed by atoms with van der Waals surface area (Å²) in [6.45, 7) is 8.55. The zero-order valence-corrected chi connectivity index (χ0v) is 20.5. The highest BCUT2D eigenvalue weighted by molar-refractivity contribution is 7.89. The molecule has 1 amide bonds. The second-order valence-electron chi connectivity index (χ2n) is 8.50. The van der Waals surface area contributed by atoms with E-state index in [1.54, 1.807) is 31.1 Å². The number of carbonyl (C=O) groups excluding carboxylic acids is 1. The molecular weight excluding hydrogens is 442 g/mol. The molecule has 1 aliphatic rings. The van der Waals surface area contributed by atoms with Gasteiger partial charge in [0.2, 0.25) is 10.0 Å². The number of anilines is 1. The van der Waals surface area contributed by atoms with Gasteiger partial charge in [0.15, 0.2) is 6.61 Å². The molecule has 8 nitrogen and oxygen atoms in total. The van der Waals surface area contributed by atoms with Gasteiger partial charge < -0.3 is 19.3 Å². The van der Waals surface area contributed by atoms with Gasteiger partial charge in [0.25, 0.3) is 5.91 Å². The van der Waals surface area contributed by atoms with Gasteiger partial charge in [-0.15, -0.1) is 0 Å². The molecule has 0 aromatic heterocycles. The maximum Gasteiger partial charge on any atom is 0.260 e. The summed E-state index contributed by atoms with van der Waals surface area (Å²) in [6, 6.07) is 12.5. The summed E-state index contributed by atoms with van der Waals surface area (Å²) >= 11 is 0. The number of hydrogen-bond donors (Lipinski definition) is 1. The van der Waals surface area contributed by atoms with Gasteiger partial charge in [-0.2, -0.15) is 0 Å². The van der Waals surface area contributed by atoms with Crippen LogP contribution in [0.5, 0.6) is 11.5 Å². The van der Waals surface area contributed by atoms with Crippen LogP contribution in [0.15, 0.2) is 47.4 Å². The topological polar surface area (TPSA) is 88.2 Å². The SMILES string of the molecule is COc1ccccc1N1CCN(C(=O)COc2ccc(S(=O)(=O)NCC(C)C)cc2C)CC1. The molecule has 2 aromatic carbocycles. The van der Waals surface area contributed by atoms with Crippen LogP contribution in [-0.4, -0.2) is 65.7 Å². The van der Waals surface area contributed by atoms with E-state index in [0.717, 1.165) is 11.4 Å². The first-order chi connectivity index (χ1) is 15.7. The highest BCUT2D eigenvalue weighted by Crippen LogP contribution is 2.28. The molecule has 2 aromatic rings. The highest BCUT2D eigenvalue weighted by atomic mass is 32.2. The number of benzene rings is 2. The minimum atomic E-state index is -3.57. The Morgan fingerprint density at radius 1 is 1.06 bits per heavy atom. The Morgan fingerprint density at radius 2 is 1.76 bits per heavy atom. The lowest BCUT2D eigenvalue weighted by Gasteiger charge is -2.36. The smallest absolute Gasteiger partial charge is 0.260 e. The summed E-state index contributed by atoms with van der Waals surface area (Å²) in [5.41, 5.74) is 1.69. The van der Waals surface area contributed by atoms with E-state index >= 15 is 0 Å². The molecule has 1 N–H and O–H groups in total. The minimum absolute atomic E-state index is 0.0901. The number of piperazine rings is 1. The van der Waals surface area contributed by atoms with Crippen molar-refractivity contribution in [2.24, 2.45) is 5.92 Å². The van der Waals surface area contributed by atoms with E-state index in [1.165, 1.54) is 6.07 Å². The van der Waals surface area contributed by atoms with Crippen LogP contribution in [0.1, 0.15) is 19.4 Å². The molecule has 33 heavy (non-hydrogen) atoms. The quantitative estimate of drug-likeness (QED) is 0.600. The van der Waals surface area contributed by atoms with Gasteiger partial charge >= 0.3 is 0 Å². The number of nitrogens with zero attached hydrogens (tertiary/aromatic N) is 2. The molecule has 180 valence electrons. The van der Waals surface area contributed by atoms with Crippen LogP contribution in [0.25, 0.3) is 0 Å². The Morgan fingerprint density at radius 3 is 2.39 bits per heavy atom. The van der Waals surface area contributed by atoms with Crippen molar-refractivity contribution in [3.63, 3.8) is 0 Å². The Balaban J connectivity index is 1.54. The fraction of sp³-hybridized carbons (Fsp3) is 0.458.